The van der Waals surface area contributed by atoms with Gasteiger partial charge in [0.15, 0.2) is 6.61 Å². The second-order valence-electron chi connectivity index (χ2n) is 4.10. The van der Waals surface area contributed by atoms with Crippen molar-refractivity contribution in [3.05, 3.63) is 59.1 Å². The summed E-state index contributed by atoms with van der Waals surface area (Å²) >= 11 is 5.79. The highest BCUT2D eigenvalue weighted by Crippen LogP contribution is 2.16. The third kappa shape index (κ3) is 4.81. The van der Waals surface area contributed by atoms with Crippen LogP contribution in [0.4, 0.5) is 5.69 Å². The molecule has 0 radical (unpaired) electrons. The summed E-state index contributed by atoms with van der Waals surface area (Å²) in [7, 11) is 0. The van der Waals surface area contributed by atoms with Crippen molar-refractivity contribution in [1.82, 2.24) is 0 Å². The molecule has 0 heterocycles. The Kier molecular flexibility index (Phi) is 5.17. The number of anilines is 1. The van der Waals surface area contributed by atoms with E-state index in [0.29, 0.717) is 16.3 Å². The number of ether oxygens (including phenoxy) is 1. The van der Waals surface area contributed by atoms with Gasteiger partial charge in [-0.2, -0.15) is 5.10 Å². The van der Waals surface area contributed by atoms with Crippen molar-refractivity contribution in [2.45, 2.75) is 0 Å². The van der Waals surface area contributed by atoms with Crippen LogP contribution in [0.2, 0.25) is 5.02 Å². The first kappa shape index (κ1) is 14.9. The number of aliphatic carboxylic acids is 1. The number of hydrazone groups is 1. The van der Waals surface area contributed by atoms with E-state index in [-0.39, 0.29) is 0 Å². The molecule has 0 saturated carbocycles. The zero-order chi connectivity index (χ0) is 15.1. The summed E-state index contributed by atoms with van der Waals surface area (Å²) < 4.78 is 5.18. The van der Waals surface area contributed by atoms with Crippen LogP contribution < -0.4 is 10.2 Å². The van der Waals surface area contributed by atoms with Crippen molar-refractivity contribution >= 4 is 29.5 Å². The van der Waals surface area contributed by atoms with Gasteiger partial charge in [0.25, 0.3) is 0 Å². The van der Waals surface area contributed by atoms with Crippen LogP contribution in [0.25, 0.3) is 0 Å². The second-order valence-corrected chi connectivity index (χ2v) is 4.53. The molecule has 0 amide bonds. The van der Waals surface area contributed by atoms with Crippen molar-refractivity contribution in [2.24, 2.45) is 5.10 Å². The van der Waals surface area contributed by atoms with Gasteiger partial charge in [-0.25, -0.2) is 4.79 Å². The molecular weight excluding hydrogens is 292 g/mol. The van der Waals surface area contributed by atoms with Gasteiger partial charge in [-0.15, -0.1) is 0 Å². The maximum atomic E-state index is 10.5. The minimum absolute atomic E-state index is 0.393. The average molecular weight is 305 g/mol. The zero-order valence-electron chi connectivity index (χ0n) is 11.0. The van der Waals surface area contributed by atoms with E-state index < -0.39 is 12.6 Å². The first-order valence-corrected chi connectivity index (χ1v) is 6.51. The van der Waals surface area contributed by atoms with Gasteiger partial charge in [0.2, 0.25) is 0 Å². The minimum atomic E-state index is -1.03. The lowest BCUT2D eigenvalue weighted by molar-refractivity contribution is -0.139. The highest BCUT2D eigenvalue weighted by Gasteiger charge is 2.03. The molecule has 108 valence electrons. The van der Waals surface area contributed by atoms with Gasteiger partial charge in [-0.1, -0.05) is 23.7 Å². The van der Waals surface area contributed by atoms with Crippen LogP contribution in [0, 0.1) is 0 Å². The fraction of sp³-hybridized carbons (Fsp3) is 0.0667. The quantitative estimate of drug-likeness (QED) is 0.635. The Morgan fingerprint density at radius 3 is 2.67 bits per heavy atom. The van der Waals surface area contributed by atoms with Gasteiger partial charge < -0.3 is 9.84 Å². The van der Waals surface area contributed by atoms with Gasteiger partial charge in [-0.05, 0) is 36.4 Å². The van der Waals surface area contributed by atoms with E-state index in [2.05, 4.69) is 10.5 Å². The largest absolute Gasteiger partial charge is 0.481 e. The Labute approximate surface area is 126 Å². The van der Waals surface area contributed by atoms with Crippen LogP contribution in [0.5, 0.6) is 5.75 Å². The summed E-state index contributed by atoms with van der Waals surface area (Å²) in [5.41, 5.74) is 4.32. The number of benzene rings is 2. The number of nitrogens with one attached hydrogen (secondary N) is 1. The Morgan fingerprint density at radius 2 is 1.95 bits per heavy atom. The lowest BCUT2D eigenvalue weighted by atomic mass is 10.2. The predicted octanol–water partition coefficient (Wildman–Crippen LogP) is 3.25. The van der Waals surface area contributed by atoms with Gasteiger partial charge in [0.1, 0.15) is 5.75 Å². The molecule has 0 aliphatic heterocycles. The SMILES string of the molecule is O=C(O)COc1ccccc1C=NNc1ccc(Cl)cc1. The van der Waals surface area contributed by atoms with E-state index >= 15 is 0 Å². The first-order valence-electron chi connectivity index (χ1n) is 6.13. The topological polar surface area (TPSA) is 70.9 Å². The Hall–Kier alpha value is -2.53. The molecular formula is C15H13ClN2O3. The Bertz CT molecular complexity index is 642. The number of rotatable bonds is 6. The van der Waals surface area contributed by atoms with Crippen molar-refractivity contribution < 1.29 is 14.6 Å². The highest BCUT2D eigenvalue weighted by atomic mass is 35.5. The molecule has 0 aliphatic carbocycles. The molecule has 0 spiro atoms. The fourth-order valence-electron chi connectivity index (χ4n) is 1.56. The number of hydrogen-bond donors (Lipinski definition) is 2. The van der Waals surface area contributed by atoms with E-state index in [1.165, 1.54) is 0 Å². The number of para-hydroxylation sites is 1. The van der Waals surface area contributed by atoms with Gasteiger partial charge in [0.05, 0.1) is 11.9 Å². The van der Waals surface area contributed by atoms with Gasteiger partial charge in [0, 0.05) is 10.6 Å². The van der Waals surface area contributed by atoms with Crippen molar-refractivity contribution in [1.29, 1.82) is 0 Å². The summed E-state index contributed by atoms with van der Waals surface area (Å²) in [5.74, 6) is -0.567. The standard InChI is InChI=1S/C15H13ClN2O3/c16-12-5-7-13(8-6-12)18-17-9-11-3-1-2-4-14(11)21-10-15(19)20/h1-9,18H,10H2,(H,19,20). The molecule has 0 atom stereocenters. The fourth-order valence-corrected chi connectivity index (χ4v) is 1.68. The lowest BCUT2D eigenvalue weighted by Gasteiger charge is -2.06. The summed E-state index contributed by atoms with van der Waals surface area (Å²) in [6.07, 6.45) is 1.56. The molecule has 2 N–H and O–H groups in total. The van der Waals surface area contributed by atoms with Crippen LogP contribution in [-0.2, 0) is 4.79 Å². The molecule has 2 rings (SSSR count). The molecule has 0 aliphatic rings. The van der Waals surface area contributed by atoms with Crippen molar-refractivity contribution in [3.8, 4) is 5.75 Å². The van der Waals surface area contributed by atoms with Crippen LogP contribution in [-0.4, -0.2) is 23.9 Å². The molecule has 0 unspecified atom stereocenters. The summed E-state index contributed by atoms with van der Waals surface area (Å²) in [5, 5.41) is 13.4. The molecule has 0 saturated heterocycles. The van der Waals surface area contributed by atoms with Crippen LogP contribution in [0.1, 0.15) is 5.56 Å². The van der Waals surface area contributed by atoms with E-state index in [1.54, 1.807) is 48.7 Å². The molecule has 21 heavy (non-hydrogen) atoms. The lowest BCUT2D eigenvalue weighted by Crippen LogP contribution is -2.10. The van der Waals surface area contributed by atoms with E-state index in [1.807, 2.05) is 6.07 Å². The van der Waals surface area contributed by atoms with E-state index in [4.69, 9.17) is 21.4 Å². The number of carboxylic acid groups (broad SMARTS) is 1. The molecule has 6 heteroatoms. The third-order valence-electron chi connectivity index (χ3n) is 2.51. The molecule has 0 fully saturated rings. The third-order valence-corrected chi connectivity index (χ3v) is 2.76. The minimum Gasteiger partial charge on any atom is -0.481 e. The molecule has 2 aromatic carbocycles. The summed E-state index contributed by atoms with van der Waals surface area (Å²) in [6, 6.07) is 14.2. The van der Waals surface area contributed by atoms with Crippen LogP contribution in [0.15, 0.2) is 53.6 Å². The number of hydrogen-bond acceptors (Lipinski definition) is 4. The van der Waals surface area contributed by atoms with Gasteiger partial charge in [-0.3, -0.25) is 5.43 Å². The van der Waals surface area contributed by atoms with Gasteiger partial charge >= 0.3 is 5.97 Å². The molecule has 0 aromatic heterocycles. The van der Waals surface area contributed by atoms with Crippen LogP contribution >= 0.6 is 11.6 Å². The molecule has 5 nitrogen and oxygen atoms in total. The highest BCUT2D eigenvalue weighted by molar-refractivity contribution is 6.30. The normalized spacial score (nSPS) is 10.5. The Morgan fingerprint density at radius 1 is 1.24 bits per heavy atom. The Balaban J connectivity index is 2.03. The van der Waals surface area contributed by atoms with E-state index in [9.17, 15) is 4.79 Å². The average Bonchev–Trinajstić information content (AvgIpc) is 2.48. The first-order chi connectivity index (χ1) is 10.1. The number of nitrogens with zero attached hydrogens (tertiary/aromatic N) is 1. The molecule has 0 bridgehead atoms. The number of carboxylic acids is 1. The maximum Gasteiger partial charge on any atom is 0.341 e. The number of carbonyl (C=O) groups is 1. The second kappa shape index (κ2) is 7.31. The monoisotopic (exact) mass is 304 g/mol. The summed E-state index contributed by atoms with van der Waals surface area (Å²) in [6.45, 7) is -0.393. The number of halogens is 1. The maximum absolute atomic E-state index is 10.5. The molecule has 2 aromatic rings. The predicted molar refractivity (Wildman–Crippen MR) is 82.2 cm³/mol. The van der Waals surface area contributed by atoms with Crippen molar-refractivity contribution in [2.75, 3.05) is 12.0 Å². The van der Waals surface area contributed by atoms with E-state index in [0.717, 1.165) is 5.69 Å². The van der Waals surface area contributed by atoms with Crippen LogP contribution in [0.3, 0.4) is 0 Å². The zero-order valence-corrected chi connectivity index (χ0v) is 11.7. The smallest absolute Gasteiger partial charge is 0.341 e. The summed E-state index contributed by atoms with van der Waals surface area (Å²) in [4.78, 5) is 10.5. The van der Waals surface area contributed by atoms with Crippen molar-refractivity contribution in [3.63, 3.8) is 0 Å².